The molecule has 5 nitrogen and oxygen atoms in total. The predicted octanol–water partition coefficient (Wildman–Crippen LogP) is 2.35. The minimum absolute atomic E-state index is 0. The first-order valence-corrected chi connectivity index (χ1v) is 7.95. The molecule has 1 aromatic rings. The number of hydrogen-bond donors (Lipinski definition) is 1. The molecule has 0 atom stereocenters. The van der Waals surface area contributed by atoms with E-state index in [1.807, 2.05) is 24.1 Å². The fraction of sp³-hybridized carbons (Fsp3) is 0.625. The first-order valence-electron chi connectivity index (χ1n) is 7.95. The van der Waals surface area contributed by atoms with Crippen molar-refractivity contribution in [3.05, 3.63) is 23.9 Å². The van der Waals surface area contributed by atoms with Crippen molar-refractivity contribution in [2.45, 2.75) is 31.7 Å². The van der Waals surface area contributed by atoms with E-state index in [4.69, 9.17) is 0 Å². The number of carbonyl (C=O) groups excluding carboxylic acids is 1. The molecule has 2 fully saturated rings. The summed E-state index contributed by atoms with van der Waals surface area (Å²) in [7, 11) is 1.99. The standard InChI is InChI=1S/C16H24N4O.2ClH/c1-17-14-6-10-20(11-7-14)16(21)13-4-5-15(18-12-13)19-8-2-3-9-19;;/h4-5,12,14,17H,2-3,6-11H2,1H3;2*1H. The summed E-state index contributed by atoms with van der Waals surface area (Å²) in [5, 5.41) is 3.29. The summed E-state index contributed by atoms with van der Waals surface area (Å²) < 4.78 is 0. The van der Waals surface area contributed by atoms with Gasteiger partial charge in [-0.15, -0.1) is 24.8 Å². The summed E-state index contributed by atoms with van der Waals surface area (Å²) in [6, 6.07) is 4.45. The Bertz CT molecular complexity index is 483. The van der Waals surface area contributed by atoms with Gasteiger partial charge in [-0.2, -0.15) is 0 Å². The molecule has 0 radical (unpaired) electrons. The number of halogens is 2. The van der Waals surface area contributed by atoms with Crippen LogP contribution in [-0.2, 0) is 0 Å². The molecule has 0 spiro atoms. The Hall–Kier alpha value is -1.04. The van der Waals surface area contributed by atoms with Gasteiger partial charge in [-0.1, -0.05) is 0 Å². The number of nitrogens with zero attached hydrogens (tertiary/aromatic N) is 3. The number of amides is 1. The molecule has 7 heteroatoms. The molecular formula is C16H26Cl2N4O. The molecule has 1 aromatic heterocycles. The van der Waals surface area contributed by atoms with Crippen LogP contribution in [0.3, 0.4) is 0 Å². The molecule has 0 aliphatic carbocycles. The van der Waals surface area contributed by atoms with Gasteiger partial charge >= 0.3 is 0 Å². The molecule has 1 amide bonds. The molecular weight excluding hydrogens is 335 g/mol. The van der Waals surface area contributed by atoms with Crippen LogP contribution in [0.15, 0.2) is 18.3 Å². The average molecular weight is 361 g/mol. The van der Waals surface area contributed by atoms with E-state index in [-0.39, 0.29) is 30.7 Å². The van der Waals surface area contributed by atoms with Crippen molar-refractivity contribution in [1.29, 1.82) is 0 Å². The fourth-order valence-corrected chi connectivity index (χ4v) is 3.20. The minimum Gasteiger partial charge on any atom is -0.357 e. The van der Waals surface area contributed by atoms with Crippen LogP contribution in [0.1, 0.15) is 36.0 Å². The van der Waals surface area contributed by atoms with Crippen LogP contribution < -0.4 is 10.2 Å². The SMILES string of the molecule is CNC1CCN(C(=O)c2ccc(N3CCCC3)nc2)CC1.Cl.Cl. The van der Waals surface area contributed by atoms with Crippen LogP contribution in [0.2, 0.25) is 0 Å². The van der Waals surface area contributed by atoms with E-state index in [9.17, 15) is 4.79 Å². The van der Waals surface area contributed by atoms with Gasteiger partial charge in [-0.25, -0.2) is 4.98 Å². The lowest BCUT2D eigenvalue weighted by Crippen LogP contribution is -2.44. The minimum atomic E-state index is 0. The van der Waals surface area contributed by atoms with Crippen molar-refractivity contribution in [2.75, 3.05) is 38.1 Å². The van der Waals surface area contributed by atoms with Gasteiger partial charge in [0.05, 0.1) is 5.56 Å². The zero-order valence-corrected chi connectivity index (χ0v) is 15.2. The Kier molecular flexibility index (Phi) is 8.09. The lowest BCUT2D eigenvalue weighted by Gasteiger charge is -2.31. The lowest BCUT2D eigenvalue weighted by atomic mass is 10.0. The maximum absolute atomic E-state index is 12.5. The van der Waals surface area contributed by atoms with E-state index >= 15 is 0 Å². The van der Waals surface area contributed by atoms with Crippen LogP contribution >= 0.6 is 24.8 Å². The summed E-state index contributed by atoms with van der Waals surface area (Å²) in [5.74, 6) is 1.11. The fourth-order valence-electron chi connectivity index (χ4n) is 3.20. The molecule has 23 heavy (non-hydrogen) atoms. The molecule has 2 aliphatic rings. The zero-order chi connectivity index (χ0) is 14.7. The van der Waals surface area contributed by atoms with Crippen molar-refractivity contribution >= 4 is 36.5 Å². The number of piperidine rings is 1. The van der Waals surface area contributed by atoms with Crippen LogP contribution in [0.4, 0.5) is 5.82 Å². The highest BCUT2D eigenvalue weighted by Gasteiger charge is 2.23. The maximum atomic E-state index is 12.5. The van der Waals surface area contributed by atoms with Gasteiger partial charge in [-0.05, 0) is 44.9 Å². The maximum Gasteiger partial charge on any atom is 0.255 e. The van der Waals surface area contributed by atoms with E-state index in [0.29, 0.717) is 11.6 Å². The van der Waals surface area contributed by atoms with Gasteiger partial charge in [0.2, 0.25) is 0 Å². The van der Waals surface area contributed by atoms with Gasteiger partial charge in [0.15, 0.2) is 0 Å². The predicted molar refractivity (Wildman–Crippen MR) is 98.2 cm³/mol. The van der Waals surface area contributed by atoms with Crippen molar-refractivity contribution in [2.24, 2.45) is 0 Å². The van der Waals surface area contributed by atoms with Crippen LogP contribution in [0, 0.1) is 0 Å². The van der Waals surface area contributed by atoms with Gasteiger partial charge in [0, 0.05) is 38.4 Å². The molecule has 0 unspecified atom stereocenters. The van der Waals surface area contributed by atoms with Crippen molar-refractivity contribution < 1.29 is 4.79 Å². The van der Waals surface area contributed by atoms with Crippen LogP contribution in [0.25, 0.3) is 0 Å². The van der Waals surface area contributed by atoms with E-state index in [1.54, 1.807) is 6.20 Å². The second kappa shape index (κ2) is 9.30. The Morgan fingerprint density at radius 1 is 1.13 bits per heavy atom. The number of pyridine rings is 1. The number of hydrogen-bond acceptors (Lipinski definition) is 4. The van der Waals surface area contributed by atoms with Crippen molar-refractivity contribution in [1.82, 2.24) is 15.2 Å². The lowest BCUT2D eigenvalue weighted by molar-refractivity contribution is 0.0707. The zero-order valence-electron chi connectivity index (χ0n) is 13.5. The summed E-state index contributed by atoms with van der Waals surface area (Å²) in [6.07, 6.45) is 6.27. The third-order valence-corrected chi connectivity index (χ3v) is 4.62. The second-order valence-corrected chi connectivity index (χ2v) is 5.95. The number of anilines is 1. The molecule has 2 aliphatic heterocycles. The Morgan fingerprint density at radius 2 is 1.78 bits per heavy atom. The van der Waals surface area contributed by atoms with E-state index in [0.717, 1.165) is 44.8 Å². The van der Waals surface area contributed by atoms with Gasteiger partial charge < -0.3 is 15.1 Å². The number of likely N-dealkylation sites (tertiary alicyclic amines) is 1. The molecule has 0 aromatic carbocycles. The number of aromatic nitrogens is 1. The first-order chi connectivity index (χ1) is 10.3. The highest BCUT2D eigenvalue weighted by molar-refractivity contribution is 5.94. The summed E-state index contributed by atoms with van der Waals surface area (Å²) in [6.45, 7) is 3.83. The summed E-state index contributed by atoms with van der Waals surface area (Å²) in [4.78, 5) is 21.2. The van der Waals surface area contributed by atoms with Gasteiger partial charge in [0.25, 0.3) is 5.91 Å². The highest BCUT2D eigenvalue weighted by atomic mass is 35.5. The third kappa shape index (κ3) is 4.72. The Balaban J connectivity index is 0.00000132. The number of carbonyl (C=O) groups is 1. The molecule has 1 N–H and O–H groups in total. The van der Waals surface area contributed by atoms with E-state index < -0.39 is 0 Å². The second-order valence-electron chi connectivity index (χ2n) is 5.95. The number of nitrogens with one attached hydrogen (secondary N) is 1. The summed E-state index contributed by atoms with van der Waals surface area (Å²) >= 11 is 0. The normalized spacial score (nSPS) is 18.3. The highest BCUT2D eigenvalue weighted by Crippen LogP contribution is 2.19. The first kappa shape index (κ1) is 20.0. The average Bonchev–Trinajstić information content (AvgIpc) is 3.09. The molecule has 2 saturated heterocycles. The quantitative estimate of drug-likeness (QED) is 0.898. The monoisotopic (exact) mass is 360 g/mol. The van der Waals surface area contributed by atoms with E-state index in [1.165, 1.54) is 12.8 Å². The van der Waals surface area contributed by atoms with Crippen LogP contribution in [0.5, 0.6) is 0 Å². The Labute approximate surface area is 150 Å². The van der Waals surface area contributed by atoms with E-state index in [2.05, 4.69) is 15.2 Å². The molecule has 0 saturated carbocycles. The third-order valence-electron chi connectivity index (χ3n) is 4.62. The smallest absolute Gasteiger partial charge is 0.255 e. The topological polar surface area (TPSA) is 48.5 Å². The molecule has 0 bridgehead atoms. The largest absolute Gasteiger partial charge is 0.357 e. The van der Waals surface area contributed by atoms with Crippen LogP contribution in [-0.4, -0.2) is 55.1 Å². The Morgan fingerprint density at radius 3 is 2.30 bits per heavy atom. The number of rotatable bonds is 3. The van der Waals surface area contributed by atoms with Gasteiger partial charge in [-0.3, -0.25) is 4.79 Å². The molecule has 3 rings (SSSR count). The van der Waals surface area contributed by atoms with Crippen molar-refractivity contribution in [3.8, 4) is 0 Å². The van der Waals surface area contributed by atoms with Crippen molar-refractivity contribution in [3.63, 3.8) is 0 Å². The van der Waals surface area contributed by atoms with Gasteiger partial charge in [0.1, 0.15) is 5.82 Å². The molecule has 3 heterocycles. The summed E-state index contributed by atoms with van der Waals surface area (Å²) in [5.41, 5.74) is 0.709. The molecule has 130 valence electrons.